The fourth-order valence-electron chi connectivity index (χ4n) is 3.57. The second kappa shape index (κ2) is 9.41. The van der Waals surface area contributed by atoms with E-state index in [1.165, 1.54) is 23.6 Å². The monoisotopic (exact) mass is 579 g/mol. The second-order valence-corrected chi connectivity index (χ2v) is 11.9. The molecule has 0 spiro atoms. The van der Waals surface area contributed by atoms with Crippen LogP contribution in [0.25, 0.3) is 0 Å². The zero-order valence-corrected chi connectivity index (χ0v) is 21.0. The fourth-order valence-corrected chi connectivity index (χ4v) is 6.40. The number of alkyl halides is 2. The van der Waals surface area contributed by atoms with Gasteiger partial charge in [-0.15, -0.1) is 11.8 Å². The lowest BCUT2D eigenvalue weighted by molar-refractivity contribution is -0.152. The average Bonchev–Trinajstić information content (AvgIpc) is 2.81. The van der Waals surface area contributed by atoms with Crippen LogP contribution in [-0.4, -0.2) is 43.7 Å². The molecule has 2 aliphatic heterocycles. The maximum absolute atomic E-state index is 13.5. The Kier molecular flexibility index (Phi) is 6.78. The van der Waals surface area contributed by atoms with Crippen molar-refractivity contribution in [2.24, 2.45) is 0 Å². The van der Waals surface area contributed by atoms with Gasteiger partial charge in [-0.2, -0.15) is 0 Å². The molecule has 1 amide bonds. The summed E-state index contributed by atoms with van der Waals surface area (Å²) in [5.74, 6) is -0.988. The van der Waals surface area contributed by atoms with Crippen molar-refractivity contribution in [1.82, 2.24) is 4.90 Å². The number of benzene rings is 2. The Labute approximate surface area is 206 Å². The van der Waals surface area contributed by atoms with Gasteiger partial charge in [-0.3, -0.25) is 14.5 Å². The van der Waals surface area contributed by atoms with Crippen molar-refractivity contribution in [1.29, 1.82) is 0 Å². The fraction of sp³-hybridized carbons (Fsp3) is 0.261. The van der Waals surface area contributed by atoms with Gasteiger partial charge in [0.15, 0.2) is 9.34 Å². The summed E-state index contributed by atoms with van der Waals surface area (Å²) in [6, 6.07) is 18.8. The molecule has 0 aliphatic carbocycles. The highest BCUT2D eigenvalue weighted by Crippen LogP contribution is 2.54. The van der Waals surface area contributed by atoms with Crippen LogP contribution in [0.15, 0.2) is 71.9 Å². The molecule has 166 valence electrons. The first-order valence-electron chi connectivity index (χ1n) is 9.80. The highest BCUT2D eigenvalue weighted by Gasteiger charge is 2.62. The molecule has 1 saturated heterocycles. The van der Waals surface area contributed by atoms with Gasteiger partial charge in [-0.05, 0) is 11.1 Å². The Balaban J connectivity index is 1.70. The van der Waals surface area contributed by atoms with E-state index in [0.29, 0.717) is 11.3 Å². The Hall–Kier alpha value is -2.10. The molecule has 2 heterocycles. The average molecular weight is 581 g/mol. The van der Waals surface area contributed by atoms with Crippen LogP contribution >= 0.6 is 43.6 Å². The highest BCUT2D eigenvalue weighted by molar-refractivity contribution is 9.26. The predicted octanol–water partition coefficient (Wildman–Crippen LogP) is 4.54. The van der Waals surface area contributed by atoms with Gasteiger partial charge in [0.1, 0.15) is 17.7 Å². The van der Waals surface area contributed by atoms with Crippen molar-refractivity contribution in [3.8, 4) is 0 Å². The lowest BCUT2D eigenvalue weighted by atomic mass is 10.0. The van der Waals surface area contributed by atoms with Gasteiger partial charge < -0.3 is 9.47 Å². The molecule has 4 rings (SSSR count). The lowest BCUT2D eigenvalue weighted by Crippen LogP contribution is -2.68. The molecule has 32 heavy (non-hydrogen) atoms. The quantitative estimate of drug-likeness (QED) is 0.284. The number of nitrogens with zero attached hydrogens (tertiary/aromatic N) is 1. The number of carbonyl (C=O) groups is 3. The number of halogens is 2. The zero-order valence-electron chi connectivity index (χ0n) is 17.0. The number of rotatable bonds is 6. The number of fused-ring (bicyclic) bond motifs is 1. The summed E-state index contributed by atoms with van der Waals surface area (Å²) < 4.78 is 10.2. The van der Waals surface area contributed by atoms with Crippen LogP contribution in [-0.2, 0) is 23.9 Å². The van der Waals surface area contributed by atoms with E-state index < -0.39 is 21.3 Å². The van der Waals surface area contributed by atoms with Crippen LogP contribution in [0.2, 0.25) is 0 Å². The summed E-state index contributed by atoms with van der Waals surface area (Å²) in [6.07, 6.45) is -0.658. The van der Waals surface area contributed by atoms with Crippen molar-refractivity contribution in [2.45, 2.75) is 21.6 Å². The first-order chi connectivity index (χ1) is 15.3. The molecule has 2 aromatic carbocycles. The van der Waals surface area contributed by atoms with Gasteiger partial charge in [-0.1, -0.05) is 92.5 Å². The topological polar surface area (TPSA) is 72.9 Å². The van der Waals surface area contributed by atoms with E-state index in [4.69, 9.17) is 9.47 Å². The molecule has 0 aromatic heterocycles. The zero-order chi connectivity index (χ0) is 22.9. The van der Waals surface area contributed by atoms with Crippen molar-refractivity contribution in [3.63, 3.8) is 0 Å². The number of hydrogen-bond donors (Lipinski definition) is 0. The highest BCUT2D eigenvalue weighted by atomic mass is 79.9. The summed E-state index contributed by atoms with van der Waals surface area (Å²) >= 11 is 8.27. The summed E-state index contributed by atoms with van der Waals surface area (Å²) in [7, 11) is 0. The molecule has 1 fully saturated rings. The normalized spacial score (nSPS) is 19.3. The molecule has 0 saturated carbocycles. The molecule has 2 aliphatic rings. The lowest BCUT2D eigenvalue weighted by Gasteiger charge is -2.52. The number of carbonyl (C=O) groups excluding carboxylic acids is 3. The number of amides is 1. The van der Waals surface area contributed by atoms with E-state index in [2.05, 4.69) is 31.9 Å². The van der Waals surface area contributed by atoms with Crippen LogP contribution < -0.4 is 0 Å². The van der Waals surface area contributed by atoms with Gasteiger partial charge in [0.2, 0.25) is 0 Å². The number of thioether (sulfide) groups is 1. The molecule has 0 radical (unpaired) electrons. The minimum absolute atomic E-state index is 0.0812. The summed E-state index contributed by atoms with van der Waals surface area (Å²) in [5.41, 5.74) is 2.28. The minimum atomic E-state index is -0.943. The largest absolute Gasteiger partial charge is 0.461 e. The van der Waals surface area contributed by atoms with Crippen molar-refractivity contribution >= 4 is 61.5 Å². The standard InChI is InChI=1S/C23H19Br2NO5S/c1-14(27)30-12-17-13-32-22-23(24,25)21(29)26(22)18(17)20(28)31-19(15-8-4-2-5-9-15)16-10-6-3-7-11-16/h2-11,19,22H,12-13H2,1H3. The number of β-lactam (4-membered cyclic amide) rings is 1. The van der Waals surface area contributed by atoms with E-state index in [9.17, 15) is 14.4 Å². The molecule has 0 bridgehead atoms. The molecule has 6 nitrogen and oxygen atoms in total. The molecular weight excluding hydrogens is 562 g/mol. The molecule has 1 atom stereocenters. The first kappa shape index (κ1) is 23.1. The van der Waals surface area contributed by atoms with Crippen LogP contribution in [0.5, 0.6) is 0 Å². The summed E-state index contributed by atoms with van der Waals surface area (Å²) in [6.45, 7) is 1.22. The van der Waals surface area contributed by atoms with Gasteiger partial charge in [-0.25, -0.2) is 4.79 Å². The maximum atomic E-state index is 13.5. The number of hydrogen-bond acceptors (Lipinski definition) is 6. The molecule has 2 aromatic rings. The summed E-state index contributed by atoms with van der Waals surface area (Å²) in [5, 5.41) is -0.328. The molecule has 0 N–H and O–H groups in total. The Morgan fingerprint density at radius 1 is 1.09 bits per heavy atom. The van der Waals surface area contributed by atoms with Crippen molar-refractivity contribution in [2.75, 3.05) is 12.4 Å². The Morgan fingerprint density at radius 3 is 2.19 bits per heavy atom. The second-order valence-electron chi connectivity index (χ2n) is 7.30. The number of esters is 2. The van der Waals surface area contributed by atoms with Crippen LogP contribution in [0.4, 0.5) is 0 Å². The van der Waals surface area contributed by atoms with Gasteiger partial charge in [0.05, 0.1) is 0 Å². The van der Waals surface area contributed by atoms with Crippen LogP contribution in [0.3, 0.4) is 0 Å². The van der Waals surface area contributed by atoms with E-state index in [0.717, 1.165) is 11.1 Å². The van der Waals surface area contributed by atoms with E-state index in [1.807, 2.05) is 60.7 Å². The first-order valence-corrected chi connectivity index (χ1v) is 12.4. The maximum Gasteiger partial charge on any atom is 0.356 e. The Bertz CT molecular complexity index is 1030. The third kappa shape index (κ3) is 4.38. The van der Waals surface area contributed by atoms with Gasteiger partial charge in [0, 0.05) is 18.2 Å². The molecule has 1 unspecified atom stereocenters. The third-order valence-electron chi connectivity index (χ3n) is 5.11. The molecule has 9 heteroatoms. The SMILES string of the molecule is CC(=O)OCC1=C(C(=O)OC(c2ccccc2)c2ccccc2)N2C(=O)C(Br)(Br)C2SC1. The summed E-state index contributed by atoms with van der Waals surface area (Å²) in [4.78, 5) is 39.1. The van der Waals surface area contributed by atoms with Crippen molar-refractivity contribution < 1.29 is 23.9 Å². The Morgan fingerprint density at radius 2 is 1.66 bits per heavy atom. The molecular formula is C23H19Br2NO5S. The van der Waals surface area contributed by atoms with E-state index in [1.54, 1.807) is 0 Å². The van der Waals surface area contributed by atoms with E-state index >= 15 is 0 Å². The van der Waals surface area contributed by atoms with Gasteiger partial charge in [0.25, 0.3) is 5.91 Å². The van der Waals surface area contributed by atoms with E-state index in [-0.39, 0.29) is 23.6 Å². The van der Waals surface area contributed by atoms with Crippen LogP contribution in [0.1, 0.15) is 24.2 Å². The predicted molar refractivity (Wildman–Crippen MR) is 128 cm³/mol. The smallest absolute Gasteiger partial charge is 0.356 e. The van der Waals surface area contributed by atoms with Crippen LogP contribution in [0, 0.1) is 0 Å². The van der Waals surface area contributed by atoms with Crippen molar-refractivity contribution in [3.05, 3.63) is 83.1 Å². The van der Waals surface area contributed by atoms with Gasteiger partial charge >= 0.3 is 11.9 Å². The number of ether oxygens (including phenoxy) is 2. The third-order valence-corrected chi connectivity index (χ3v) is 8.66. The minimum Gasteiger partial charge on any atom is -0.461 e.